The number of amides is 3. The van der Waals surface area contributed by atoms with Gasteiger partial charge in [0, 0.05) is 65.0 Å². The fourth-order valence-corrected chi connectivity index (χ4v) is 10.4. The molecule has 3 aromatic heterocycles. The molecule has 0 aliphatic carbocycles. The number of aldehydes is 1. The fraction of sp³-hybridized carbons (Fsp3) is 0.333. The number of ether oxygens (including phenoxy) is 7. The number of aromatic hydroxyl groups is 2. The van der Waals surface area contributed by atoms with Crippen LogP contribution in [0.2, 0.25) is 0 Å². The number of methoxy groups -OCH3 is 5. The number of hydrogen-bond donors (Lipinski definition) is 8. The van der Waals surface area contributed by atoms with Gasteiger partial charge < -0.3 is 70.4 Å². The number of carbonyl (C=O) groups excluding carboxylic acids is 5. The minimum Gasteiger partial charge on any atom is -0.508 e. The number of carbonyl (C=O) groups is 6. The van der Waals surface area contributed by atoms with Gasteiger partial charge in [-0.05, 0) is 114 Å². The van der Waals surface area contributed by atoms with E-state index in [-0.39, 0.29) is 60.9 Å². The summed E-state index contributed by atoms with van der Waals surface area (Å²) in [6, 6.07) is 43.3. The Morgan fingerprint density at radius 3 is 1.39 bits per heavy atom. The zero-order chi connectivity index (χ0) is 80.7. The average molecular weight is 1570 g/mol. The summed E-state index contributed by atoms with van der Waals surface area (Å²) >= 11 is 3.59. The van der Waals surface area contributed by atoms with Crippen molar-refractivity contribution in [1.82, 2.24) is 15.0 Å². The molecule has 9 rings (SSSR count). The van der Waals surface area contributed by atoms with E-state index in [4.69, 9.17) is 43.7 Å². The topological polar surface area (TPSA) is 343 Å². The van der Waals surface area contributed by atoms with Crippen LogP contribution < -0.4 is 53.8 Å². The van der Waals surface area contributed by atoms with Crippen molar-refractivity contribution in [2.24, 2.45) is 0 Å². The van der Waals surface area contributed by atoms with Gasteiger partial charge in [0.25, 0.3) is 0 Å². The first-order valence-corrected chi connectivity index (χ1v) is 35.8. The Hall–Kier alpha value is -10.1. The second-order valence-corrected chi connectivity index (χ2v) is 27.1. The number of aliphatic hydroxyl groups is 2. The minimum atomic E-state index is -4.91. The van der Waals surface area contributed by atoms with Crippen LogP contribution in [0.4, 0.5) is 38.2 Å². The van der Waals surface area contributed by atoms with Crippen molar-refractivity contribution in [3.05, 3.63) is 220 Å². The molecule has 0 aliphatic heterocycles. The summed E-state index contributed by atoms with van der Waals surface area (Å²) in [5, 5.41) is 55.3. The Balaban J connectivity index is 0.000000645. The van der Waals surface area contributed by atoms with Gasteiger partial charge in [-0.25, -0.2) is 24.5 Å². The summed E-state index contributed by atoms with van der Waals surface area (Å²) < 4.78 is 71.7. The monoisotopic (exact) mass is 1560 g/mol. The first-order valence-electron chi connectivity index (χ1n) is 33.3. The molecule has 31 heteroatoms. The van der Waals surface area contributed by atoms with E-state index in [1.807, 2.05) is 118 Å². The number of aliphatic carboxylic acids is 1. The SMILES string of the molecule is CC(C)(C)OC(=O)Nc1nccs1.COC(=O)Cc1ccccc1O.COc1ccccc1CC(O)c1cnc(NC(=O)OC(C)(C)C)s1.COc1ccccc1CC=O.COc1ccccc1CCO.COc1ccccc1CCc1cnc(NC(=O)C(F)(F)F)s1.O=C(O)Cc1ccccc1O.[CH2-]CCC.[Li+]. The van der Waals surface area contributed by atoms with Crippen molar-refractivity contribution in [2.45, 2.75) is 130 Å². The van der Waals surface area contributed by atoms with Gasteiger partial charge in [0.2, 0.25) is 0 Å². The van der Waals surface area contributed by atoms with Crippen molar-refractivity contribution < 1.29 is 119 Å². The van der Waals surface area contributed by atoms with Gasteiger partial charge in [-0.15, -0.1) is 22.7 Å². The number of anilines is 3. The number of alkyl halides is 3. The molecule has 9 aromatic rings. The molecule has 3 amide bonds. The molecule has 0 bridgehead atoms. The van der Waals surface area contributed by atoms with E-state index in [9.17, 15) is 52.2 Å². The number of para-hydroxylation sites is 6. The number of nitrogens with one attached hydrogen (secondary N) is 3. The third-order valence-corrected chi connectivity index (χ3v) is 16.0. The minimum absolute atomic E-state index is 0. The van der Waals surface area contributed by atoms with E-state index in [1.165, 1.54) is 54.5 Å². The normalized spacial score (nSPS) is 10.5. The second kappa shape index (κ2) is 52.9. The molecule has 24 nitrogen and oxygen atoms in total. The van der Waals surface area contributed by atoms with Crippen LogP contribution in [-0.2, 0) is 78.3 Å². The van der Waals surface area contributed by atoms with Crippen LogP contribution in [-0.4, -0.2) is 136 Å². The van der Waals surface area contributed by atoms with Gasteiger partial charge >= 0.3 is 55.1 Å². The quantitative estimate of drug-likeness (QED) is 0.0103. The maximum Gasteiger partial charge on any atom is 1.00 e. The van der Waals surface area contributed by atoms with Gasteiger partial charge in [0.15, 0.2) is 15.4 Å². The molecular formula is C78H96F3LiN6O18S3. The van der Waals surface area contributed by atoms with Gasteiger partial charge in [0.05, 0.1) is 59.4 Å². The number of hydrogen-bond acceptors (Lipinski definition) is 23. The number of aryl methyl sites for hydroxylation is 2. The Morgan fingerprint density at radius 2 is 0.972 bits per heavy atom. The van der Waals surface area contributed by atoms with Crippen LogP contribution in [0.3, 0.4) is 0 Å². The van der Waals surface area contributed by atoms with E-state index in [0.717, 1.165) is 74.2 Å². The van der Waals surface area contributed by atoms with Gasteiger partial charge in [-0.3, -0.25) is 30.3 Å². The molecular weight excluding hydrogens is 1470 g/mol. The summed E-state index contributed by atoms with van der Waals surface area (Å²) in [7, 11) is 7.74. The van der Waals surface area contributed by atoms with E-state index in [1.54, 1.807) is 109 Å². The maximum atomic E-state index is 12.1. The molecule has 0 spiro atoms. The largest absolute Gasteiger partial charge is 1.00 e. The first kappa shape index (κ1) is 96.9. The number of thiazole rings is 3. The van der Waals surface area contributed by atoms with Crippen LogP contribution in [0.1, 0.15) is 111 Å². The van der Waals surface area contributed by atoms with Crippen LogP contribution in [0, 0.1) is 6.92 Å². The second-order valence-electron chi connectivity index (χ2n) is 24.0. The number of aliphatic hydroxyl groups excluding tert-OH is 2. The van der Waals surface area contributed by atoms with Crippen LogP contribution in [0.15, 0.2) is 170 Å². The number of halogens is 3. The first-order chi connectivity index (χ1) is 51.3. The van der Waals surface area contributed by atoms with Crippen molar-refractivity contribution in [3.8, 4) is 34.5 Å². The maximum absolute atomic E-state index is 12.1. The van der Waals surface area contributed by atoms with Crippen molar-refractivity contribution in [1.29, 1.82) is 0 Å². The zero-order valence-electron chi connectivity index (χ0n) is 63.3. The van der Waals surface area contributed by atoms with E-state index in [2.05, 4.69) is 44.2 Å². The molecule has 1 unspecified atom stereocenters. The third-order valence-electron chi connectivity index (χ3n) is 13.3. The molecule has 8 N–H and O–H groups in total. The standard InChI is InChI=1S/C17H22N2O4S.C14H13F3N2O2S.C9H10O3.C9H12O2.C9H10O2.C8H12N2O2S.C8H8O3.C4H9.Li/c1-17(2,3)23-16(21)19-15-18-10-14(24-15)12(20)9-11-7-5-6-8-13(11)22-4;1-21-11-5-3-2-4-9(11)6-7-10-8-18-13(22-10)19-12(20)14(15,16)17;1-12-9(11)6-7-4-2-3-5-8(7)10;2*1-11-9-5-3-2-4-8(9)6-7-10;1-8(2,3)12-7(11)10-6-9-4-5-13-6;9-7-4-2-1-3-6(7)5-8(10)11;1-3-4-2;/h5-8,10,12,20H,9H2,1-4H3,(H,18,19,21);2-5,8H,6-7H2,1H3,(H,18,19,20);2-5,10H,6H2,1H3;2-5,10H,6-7H2,1H3;2-5,7H,6H2,1H3;4-5H,1-3H3,(H,9,10,11);1-4,9H,5H2,(H,10,11);1,3-4H2,2H3;/q;;;;;;;-1;+1. The van der Waals surface area contributed by atoms with Crippen LogP contribution >= 0.6 is 34.0 Å². The number of nitrogens with zero attached hydrogens (tertiary/aromatic N) is 3. The number of aromatic nitrogens is 3. The summed E-state index contributed by atoms with van der Waals surface area (Å²) in [4.78, 5) is 78.1. The van der Waals surface area contributed by atoms with Crippen molar-refractivity contribution >= 4 is 85.7 Å². The van der Waals surface area contributed by atoms with Crippen molar-refractivity contribution in [3.63, 3.8) is 0 Å². The predicted octanol–water partition coefficient (Wildman–Crippen LogP) is 13.1. The number of rotatable bonds is 22. The predicted molar refractivity (Wildman–Crippen MR) is 413 cm³/mol. The van der Waals surface area contributed by atoms with Gasteiger partial charge in [-0.1, -0.05) is 134 Å². The summed E-state index contributed by atoms with van der Waals surface area (Å²) in [5.41, 5.74) is 3.88. The molecule has 0 saturated heterocycles. The molecule has 109 heavy (non-hydrogen) atoms. The van der Waals surface area contributed by atoms with Crippen molar-refractivity contribution in [2.75, 3.05) is 58.1 Å². The Morgan fingerprint density at radius 1 is 0.560 bits per heavy atom. The Labute approximate surface area is 658 Å². The number of esters is 1. The molecule has 3 heterocycles. The molecule has 0 radical (unpaired) electrons. The third kappa shape index (κ3) is 41.8. The molecule has 0 fully saturated rings. The number of phenolic OH excluding ortho intramolecular Hbond substituents is 2. The average Bonchev–Trinajstić information content (AvgIpc) is 1.77. The number of phenols is 2. The van der Waals surface area contributed by atoms with Gasteiger partial charge in [0.1, 0.15) is 52.0 Å². The van der Waals surface area contributed by atoms with Crippen LogP contribution in [0.25, 0.3) is 0 Å². The summed E-state index contributed by atoms with van der Waals surface area (Å²) in [5.74, 6) is -0.0224. The van der Waals surface area contributed by atoms with Crippen LogP contribution in [0.5, 0.6) is 34.5 Å². The number of benzene rings is 6. The van der Waals surface area contributed by atoms with E-state index in [0.29, 0.717) is 58.4 Å². The fourth-order valence-electron chi connectivity index (χ4n) is 8.26. The van der Waals surface area contributed by atoms with E-state index >= 15 is 0 Å². The molecule has 586 valence electrons. The zero-order valence-corrected chi connectivity index (χ0v) is 65.8. The summed E-state index contributed by atoms with van der Waals surface area (Å²) in [6.07, 6.45) is 3.83. The summed E-state index contributed by atoms with van der Waals surface area (Å²) in [6.45, 7) is 16.7. The smallest absolute Gasteiger partial charge is 0.508 e. The Kier molecular flexibility index (Phi) is 47.0. The van der Waals surface area contributed by atoms with Gasteiger partial charge in [-0.2, -0.15) is 19.6 Å². The molecule has 1 atom stereocenters. The molecule has 0 aliphatic rings. The Bertz CT molecular complexity index is 4090. The molecule has 6 aromatic carbocycles. The number of carboxylic acids is 1. The number of carboxylic acid groups (broad SMARTS) is 1. The number of unbranched alkanes of at least 4 members (excludes halogenated alkanes) is 1. The van der Waals surface area contributed by atoms with E-state index < -0.39 is 47.5 Å². The molecule has 0 saturated carbocycles.